The summed E-state index contributed by atoms with van der Waals surface area (Å²) in [6.45, 7) is 6.31. The first-order valence-corrected chi connectivity index (χ1v) is 24.0. The molecule has 3 N–H and O–H groups in total. The average Bonchev–Trinajstić information content (AvgIpc) is 3.20. The molecule has 0 rings (SSSR count). The van der Waals surface area contributed by atoms with Gasteiger partial charge in [-0.3, -0.25) is 9.59 Å². The van der Waals surface area contributed by atoms with Crippen molar-refractivity contribution in [1.29, 1.82) is 0 Å². The smallest absolute Gasteiger partial charge is 0.306 e. The highest BCUT2D eigenvalue weighted by molar-refractivity contribution is 5.77. The lowest BCUT2D eigenvalue weighted by molar-refractivity contribution is -0.150. The van der Waals surface area contributed by atoms with Crippen LogP contribution in [0.5, 0.6) is 0 Å². The van der Waals surface area contributed by atoms with Gasteiger partial charge in [-0.25, -0.2) is 0 Å². The highest BCUT2D eigenvalue weighted by Gasteiger charge is 2.23. The normalized spacial score (nSPS) is 13.8. The van der Waals surface area contributed by atoms with Crippen LogP contribution in [-0.2, 0) is 14.3 Å². The van der Waals surface area contributed by atoms with Crippen LogP contribution < -0.4 is 5.32 Å². The van der Waals surface area contributed by atoms with Crippen LogP contribution in [0.1, 0.15) is 226 Å². The lowest BCUT2D eigenvalue weighted by atomic mass is 10.0. The van der Waals surface area contributed by atoms with Crippen LogP contribution in [0.4, 0.5) is 0 Å². The first kappa shape index (κ1) is 54.6. The van der Waals surface area contributed by atoms with Crippen molar-refractivity contribution in [3.05, 3.63) is 60.8 Å². The third kappa shape index (κ3) is 40.1. The minimum atomic E-state index is -0.810. The molecule has 0 heterocycles. The van der Waals surface area contributed by atoms with Gasteiger partial charge in [-0.1, -0.05) is 223 Å². The zero-order valence-electron chi connectivity index (χ0n) is 37.5. The number of aliphatic hydroxyl groups excluding tert-OH is 2. The molecule has 57 heavy (non-hydrogen) atoms. The monoisotopic (exact) mass is 798 g/mol. The van der Waals surface area contributed by atoms with Crippen molar-refractivity contribution in [2.75, 3.05) is 6.61 Å². The van der Waals surface area contributed by atoms with Gasteiger partial charge in [-0.05, 0) is 44.9 Å². The molecule has 0 aromatic carbocycles. The number of allylic oxidation sites excluding steroid dienone is 9. The van der Waals surface area contributed by atoms with E-state index >= 15 is 0 Å². The Morgan fingerprint density at radius 3 is 1.33 bits per heavy atom. The summed E-state index contributed by atoms with van der Waals surface area (Å²) < 4.78 is 5.83. The molecular formula is C51H91NO5. The van der Waals surface area contributed by atoms with Crippen LogP contribution >= 0.6 is 0 Å². The minimum absolute atomic E-state index is 0.000110. The molecule has 0 bridgehead atoms. The second-order valence-electron chi connectivity index (χ2n) is 16.1. The van der Waals surface area contributed by atoms with Crippen LogP contribution in [0.15, 0.2) is 60.8 Å². The third-order valence-corrected chi connectivity index (χ3v) is 10.6. The Balaban J connectivity index is 4.69. The molecule has 6 nitrogen and oxygen atoms in total. The number of hydrogen-bond acceptors (Lipinski definition) is 5. The van der Waals surface area contributed by atoms with Crippen molar-refractivity contribution in [3.8, 4) is 0 Å². The molecule has 0 aromatic rings. The van der Waals surface area contributed by atoms with Crippen LogP contribution in [0.3, 0.4) is 0 Å². The van der Waals surface area contributed by atoms with Gasteiger partial charge in [0.1, 0.15) is 6.10 Å². The molecule has 0 aliphatic heterocycles. The maximum Gasteiger partial charge on any atom is 0.306 e. The summed E-state index contributed by atoms with van der Waals surface area (Å²) in [6, 6.07) is -0.730. The number of hydrogen-bond donors (Lipinski definition) is 3. The van der Waals surface area contributed by atoms with E-state index in [-0.39, 0.29) is 24.9 Å². The Hall–Kier alpha value is -2.44. The maximum absolute atomic E-state index is 13.1. The number of carbonyl (C=O) groups is 2. The Bertz CT molecular complexity index is 1030. The molecule has 0 spiro atoms. The van der Waals surface area contributed by atoms with E-state index in [9.17, 15) is 19.8 Å². The number of amides is 1. The van der Waals surface area contributed by atoms with Gasteiger partial charge in [0.15, 0.2) is 0 Å². The molecule has 0 aliphatic carbocycles. The second kappa shape index (κ2) is 44.7. The number of nitrogens with one attached hydrogen (secondary N) is 1. The summed E-state index contributed by atoms with van der Waals surface area (Å²) in [7, 11) is 0. The van der Waals surface area contributed by atoms with Gasteiger partial charge in [0.2, 0.25) is 5.91 Å². The van der Waals surface area contributed by atoms with Crippen molar-refractivity contribution < 1.29 is 24.5 Å². The number of esters is 1. The molecule has 6 heteroatoms. The summed E-state index contributed by atoms with van der Waals surface area (Å²) in [5, 5.41) is 23.7. The summed E-state index contributed by atoms with van der Waals surface area (Å²) >= 11 is 0. The largest absolute Gasteiger partial charge is 0.461 e. The van der Waals surface area contributed by atoms with E-state index in [1.54, 1.807) is 0 Å². The second-order valence-corrected chi connectivity index (χ2v) is 16.1. The zero-order valence-corrected chi connectivity index (χ0v) is 37.5. The van der Waals surface area contributed by atoms with Gasteiger partial charge < -0.3 is 20.3 Å². The van der Waals surface area contributed by atoms with E-state index in [1.165, 1.54) is 109 Å². The summed E-state index contributed by atoms with van der Waals surface area (Å²) in [4.78, 5) is 25.9. The number of rotatable bonds is 42. The van der Waals surface area contributed by atoms with Crippen LogP contribution in [0.2, 0.25) is 0 Å². The predicted molar refractivity (Wildman–Crippen MR) is 245 cm³/mol. The van der Waals surface area contributed by atoms with E-state index < -0.39 is 18.2 Å². The quantitative estimate of drug-likeness (QED) is 0.0325. The standard InChI is InChI=1S/C51H91NO5/c1-4-7-10-13-16-19-21-23-25-26-28-31-33-36-39-42-47(57-51(56)44-41-38-35-30-18-15-12-9-6-3)45-50(55)52-48(46-53)49(54)43-40-37-34-32-29-27-24-22-20-17-14-11-8-5-2/h7,10,16,19,23,25,28,31,36,39,47-49,53-54H,4-6,8-9,11-15,17-18,20-22,24,26-27,29-30,32-35,37-38,40-46H2,1-3H3,(H,52,55)/b10-7-,19-16-,25-23-,31-28-,39-36-. The molecule has 0 saturated heterocycles. The molecule has 0 saturated carbocycles. The molecule has 3 atom stereocenters. The number of unbranched alkanes of at least 4 members (excludes halogenated alkanes) is 21. The summed E-state index contributed by atoms with van der Waals surface area (Å²) in [5.41, 5.74) is 0. The molecule has 1 amide bonds. The number of ether oxygens (including phenoxy) is 1. The molecule has 0 fully saturated rings. The number of aliphatic hydroxyl groups is 2. The first-order valence-electron chi connectivity index (χ1n) is 24.0. The number of carbonyl (C=O) groups excluding carboxylic acids is 2. The van der Waals surface area contributed by atoms with Crippen LogP contribution in [0.25, 0.3) is 0 Å². The summed E-state index contributed by atoms with van der Waals surface area (Å²) in [5.74, 6) is -0.582. The van der Waals surface area contributed by atoms with Gasteiger partial charge in [-0.15, -0.1) is 0 Å². The van der Waals surface area contributed by atoms with Crippen LogP contribution in [0, 0.1) is 0 Å². The molecular weight excluding hydrogens is 707 g/mol. The fourth-order valence-corrected chi connectivity index (χ4v) is 6.98. The Labute approximate surface area is 352 Å². The van der Waals surface area contributed by atoms with Crippen molar-refractivity contribution in [3.63, 3.8) is 0 Å². The fourth-order valence-electron chi connectivity index (χ4n) is 6.98. The van der Waals surface area contributed by atoms with Gasteiger partial charge >= 0.3 is 5.97 Å². The minimum Gasteiger partial charge on any atom is -0.461 e. The van der Waals surface area contributed by atoms with Gasteiger partial charge in [-0.2, -0.15) is 0 Å². The van der Waals surface area contributed by atoms with Gasteiger partial charge in [0, 0.05) is 12.8 Å². The van der Waals surface area contributed by atoms with Crippen molar-refractivity contribution >= 4 is 11.9 Å². The lowest BCUT2D eigenvalue weighted by Crippen LogP contribution is -2.46. The topological polar surface area (TPSA) is 95.9 Å². The average molecular weight is 798 g/mol. The van der Waals surface area contributed by atoms with Crippen molar-refractivity contribution in [1.82, 2.24) is 5.32 Å². The van der Waals surface area contributed by atoms with Crippen molar-refractivity contribution in [2.24, 2.45) is 0 Å². The van der Waals surface area contributed by atoms with Crippen molar-refractivity contribution in [2.45, 2.75) is 244 Å². The van der Waals surface area contributed by atoms with E-state index in [0.717, 1.165) is 70.6 Å². The molecule has 330 valence electrons. The Morgan fingerprint density at radius 2 is 0.912 bits per heavy atom. The third-order valence-electron chi connectivity index (χ3n) is 10.6. The van der Waals surface area contributed by atoms with E-state index in [4.69, 9.17) is 4.74 Å². The van der Waals surface area contributed by atoms with Crippen LogP contribution in [-0.4, -0.2) is 46.9 Å². The first-order chi connectivity index (χ1) is 28.0. The Kier molecular flexibility index (Phi) is 42.7. The van der Waals surface area contributed by atoms with E-state index in [0.29, 0.717) is 19.3 Å². The van der Waals surface area contributed by atoms with E-state index in [2.05, 4.69) is 74.7 Å². The molecule has 0 aromatic heterocycles. The lowest BCUT2D eigenvalue weighted by Gasteiger charge is -2.24. The SMILES string of the molecule is CC/C=C\C/C=C\C/C=C\C/C=C\C/C=C\CC(CC(=O)NC(CO)C(O)CCCCCCCCCCCCCCCC)OC(=O)CCCCCCCCCCC. The highest BCUT2D eigenvalue weighted by Crippen LogP contribution is 2.16. The fraction of sp³-hybridized carbons (Fsp3) is 0.765. The Morgan fingerprint density at radius 1 is 0.526 bits per heavy atom. The zero-order chi connectivity index (χ0) is 41.7. The molecule has 0 aliphatic rings. The predicted octanol–water partition coefficient (Wildman–Crippen LogP) is 14.1. The highest BCUT2D eigenvalue weighted by atomic mass is 16.5. The van der Waals surface area contributed by atoms with Gasteiger partial charge in [0.25, 0.3) is 0 Å². The molecule has 0 radical (unpaired) electrons. The van der Waals surface area contributed by atoms with E-state index in [1.807, 2.05) is 12.2 Å². The summed E-state index contributed by atoms with van der Waals surface area (Å²) in [6.07, 6.45) is 54.4. The molecule has 3 unspecified atom stereocenters. The maximum atomic E-state index is 13.1. The van der Waals surface area contributed by atoms with Gasteiger partial charge in [0.05, 0.1) is 25.2 Å².